The van der Waals surface area contributed by atoms with E-state index in [1.54, 1.807) is 0 Å². The molecule has 0 aliphatic rings. The van der Waals surface area contributed by atoms with Crippen LogP contribution >= 0.6 is 0 Å². The number of allylic oxidation sites excluding steroid dienone is 1. The zero-order valence-electron chi connectivity index (χ0n) is 6.54. The number of rotatable bonds is 4. The summed E-state index contributed by atoms with van der Waals surface area (Å²) < 4.78 is 73.7. The SMILES string of the molecule is C=CC(F)(F)C(F)(F)C(F)(F)C(N)=O. The Labute approximate surface area is 74.4 Å². The molecule has 0 rings (SSSR count). The van der Waals surface area contributed by atoms with E-state index in [0.29, 0.717) is 0 Å². The lowest BCUT2D eigenvalue weighted by Crippen LogP contribution is -2.59. The van der Waals surface area contributed by atoms with Crippen molar-refractivity contribution in [3.63, 3.8) is 0 Å². The summed E-state index contributed by atoms with van der Waals surface area (Å²) in [4.78, 5) is 9.85. The molecule has 2 N–H and O–H groups in total. The highest BCUT2D eigenvalue weighted by Gasteiger charge is 2.73. The molecular weight excluding hydrogens is 216 g/mol. The van der Waals surface area contributed by atoms with Gasteiger partial charge in [-0.25, -0.2) is 0 Å². The van der Waals surface area contributed by atoms with Crippen molar-refractivity contribution in [1.29, 1.82) is 0 Å². The van der Waals surface area contributed by atoms with E-state index < -0.39 is 29.8 Å². The van der Waals surface area contributed by atoms with E-state index in [9.17, 15) is 31.1 Å². The van der Waals surface area contributed by atoms with E-state index >= 15 is 0 Å². The molecule has 0 spiro atoms. The van der Waals surface area contributed by atoms with E-state index in [-0.39, 0.29) is 0 Å². The summed E-state index contributed by atoms with van der Waals surface area (Å²) in [7, 11) is 0. The smallest absolute Gasteiger partial charge is 0.364 e. The fourth-order valence-corrected chi connectivity index (χ4v) is 0.492. The van der Waals surface area contributed by atoms with Gasteiger partial charge in [0.1, 0.15) is 0 Å². The lowest BCUT2D eigenvalue weighted by atomic mass is 10.0. The van der Waals surface area contributed by atoms with Crippen LogP contribution in [-0.4, -0.2) is 23.7 Å². The summed E-state index contributed by atoms with van der Waals surface area (Å²) in [6.07, 6.45) is -0.677. The summed E-state index contributed by atoms with van der Waals surface area (Å²) in [6, 6.07) is 0. The fraction of sp³-hybridized carbons (Fsp3) is 0.500. The summed E-state index contributed by atoms with van der Waals surface area (Å²) >= 11 is 0. The van der Waals surface area contributed by atoms with Crippen molar-refractivity contribution in [3.05, 3.63) is 12.7 Å². The lowest BCUT2D eigenvalue weighted by Gasteiger charge is -2.28. The van der Waals surface area contributed by atoms with Crippen LogP contribution < -0.4 is 5.73 Å². The highest BCUT2D eigenvalue weighted by atomic mass is 19.3. The first-order chi connectivity index (χ1) is 6.00. The number of carbonyl (C=O) groups is 1. The van der Waals surface area contributed by atoms with Crippen molar-refractivity contribution in [2.75, 3.05) is 0 Å². The quantitative estimate of drug-likeness (QED) is 0.568. The Bertz CT molecular complexity index is 261. The monoisotopic (exact) mass is 221 g/mol. The summed E-state index contributed by atoms with van der Waals surface area (Å²) in [5.41, 5.74) is 3.87. The molecule has 0 heterocycles. The molecule has 0 aromatic heterocycles. The first-order valence-corrected chi connectivity index (χ1v) is 3.07. The van der Waals surface area contributed by atoms with Crippen LogP contribution in [0.5, 0.6) is 0 Å². The maximum atomic E-state index is 12.4. The first-order valence-electron chi connectivity index (χ1n) is 3.07. The van der Waals surface area contributed by atoms with Crippen LogP contribution in [0.1, 0.15) is 0 Å². The van der Waals surface area contributed by atoms with Gasteiger partial charge < -0.3 is 5.73 Å². The molecule has 0 unspecified atom stereocenters. The van der Waals surface area contributed by atoms with Gasteiger partial charge >= 0.3 is 17.8 Å². The Morgan fingerprint density at radius 3 is 1.71 bits per heavy atom. The highest BCUT2D eigenvalue weighted by molar-refractivity contribution is 5.83. The van der Waals surface area contributed by atoms with Crippen molar-refractivity contribution in [2.24, 2.45) is 5.73 Å². The average molecular weight is 221 g/mol. The van der Waals surface area contributed by atoms with Crippen LogP contribution in [0.4, 0.5) is 26.3 Å². The van der Waals surface area contributed by atoms with Crippen LogP contribution in [0, 0.1) is 0 Å². The third-order valence-electron chi connectivity index (χ3n) is 1.38. The molecule has 1 amide bonds. The molecule has 2 nitrogen and oxygen atoms in total. The zero-order chi connectivity index (χ0) is 11.8. The largest absolute Gasteiger partial charge is 0.392 e. The average Bonchev–Trinajstić information content (AvgIpc) is 2.03. The maximum absolute atomic E-state index is 12.4. The summed E-state index contributed by atoms with van der Waals surface area (Å²) in [5, 5.41) is 0. The molecule has 0 aliphatic heterocycles. The van der Waals surface area contributed by atoms with Crippen LogP contribution in [-0.2, 0) is 4.79 Å². The molecule has 0 saturated carbocycles. The van der Waals surface area contributed by atoms with Crippen LogP contribution in [0.2, 0.25) is 0 Å². The van der Waals surface area contributed by atoms with Crippen LogP contribution in [0.3, 0.4) is 0 Å². The number of hydrogen-bond donors (Lipinski definition) is 1. The molecule has 14 heavy (non-hydrogen) atoms. The van der Waals surface area contributed by atoms with Gasteiger partial charge in [-0.15, -0.1) is 0 Å². The number of alkyl halides is 6. The van der Waals surface area contributed by atoms with Gasteiger partial charge in [0.15, 0.2) is 0 Å². The van der Waals surface area contributed by atoms with Crippen molar-refractivity contribution in [1.82, 2.24) is 0 Å². The lowest BCUT2D eigenvalue weighted by molar-refractivity contribution is -0.279. The maximum Gasteiger partial charge on any atom is 0.392 e. The second-order valence-electron chi connectivity index (χ2n) is 2.34. The molecule has 8 heteroatoms. The fourth-order valence-electron chi connectivity index (χ4n) is 0.492. The standard InChI is InChI=1S/C6H5F6NO/c1-2-4(7,8)6(11,12)5(9,10)3(13)14/h2H,1H2,(H2,13,14). The Kier molecular flexibility index (Phi) is 2.90. The van der Waals surface area contributed by atoms with E-state index in [0.717, 1.165) is 0 Å². The van der Waals surface area contributed by atoms with Crippen LogP contribution in [0.25, 0.3) is 0 Å². The van der Waals surface area contributed by atoms with E-state index in [1.165, 1.54) is 0 Å². The minimum atomic E-state index is -5.90. The third-order valence-corrected chi connectivity index (χ3v) is 1.38. The van der Waals surface area contributed by atoms with E-state index in [4.69, 9.17) is 0 Å². The Balaban J connectivity index is 5.35. The van der Waals surface area contributed by atoms with Crippen LogP contribution in [0.15, 0.2) is 12.7 Å². The number of amides is 1. The summed E-state index contributed by atoms with van der Waals surface area (Å²) in [6.45, 7) is 2.26. The van der Waals surface area contributed by atoms with Crippen molar-refractivity contribution in [3.8, 4) is 0 Å². The Hall–Kier alpha value is -1.21. The van der Waals surface area contributed by atoms with Gasteiger partial charge in [0.05, 0.1) is 0 Å². The second-order valence-corrected chi connectivity index (χ2v) is 2.34. The van der Waals surface area contributed by atoms with Crippen molar-refractivity contribution in [2.45, 2.75) is 17.8 Å². The molecule has 0 saturated heterocycles. The van der Waals surface area contributed by atoms with Gasteiger partial charge in [-0.05, 0) is 6.08 Å². The number of hydrogen-bond acceptors (Lipinski definition) is 1. The molecule has 0 bridgehead atoms. The van der Waals surface area contributed by atoms with Crippen molar-refractivity contribution < 1.29 is 31.1 Å². The zero-order valence-corrected chi connectivity index (χ0v) is 6.54. The number of primary amides is 1. The van der Waals surface area contributed by atoms with Gasteiger partial charge in [-0.3, -0.25) is 4.79 Å². The molecule has 0 aromatic carbocycles. The number of nitrogens with two attached hydrogens (primary N) is 1. The Morgan fingerprint density at radius 2 is 1.50 bits per heavy atom. The normalized spacial score (nSPS) is 13.9. The Morgan fingerprint density at radius 1 is 1.14 bits per heavy atom. The molecular formula is C6H5F6NO. The minimum Gasteiger partial charge on any atom is -0.364 e. The molecule has 82 valence electrons. The molecule has 0 atom stereocenters. The van der Waals surface area contributed by atoms with Gasteiger partial charge in [0, 0.05) is 0 Å². The molecule has 0 fully saturated rings. The van der Waals surface area contributed by atoms with Gasteiger partial charge in [-0.1, -0.05) is 6.58 Å². The predicted molar refractivity (Wildman–Crippen MR) is 34.2 cm³/mol. The molecule has 0 aliphatic carbocycles. The minimum absolute atomic E-state index is 0.677. The van der Waals surface area contributed by atoms with E-state index in [2.05, 4.69) is 12.3 Å². The first kappa shape index (κ1) is 12.8. The topological polar surface area (TPSA) is 43.1 Å². The van der Waals surface area contributed by atoms with E-state index in [1.807, 2.05) is 0 Å². The van der Waals surface area contributed by atoms with Gasteiger partial charge in [0.25, 0.3) is 5.91 Å². The number of carbonyl (C=O) groups excluding carboxylic acids is 1. The van der Waals surface area contributed by atoms with Gasteiger partial charge in [0.2, 0.25) is 0 Å². The molecule has 0 aromatic rings. The highest BCUT2D eigenvalue weighted by Crippen LogP contribution is 2.45. The van der Waals surface area contributed by atoms with Crippen molar-refractivity contribution >= 4 is 5.91 Å². The summed E-state index contributed by atoms with van der Waals surface area (Å²) in [5.74, 6) is -19.6. The number of halogens is 6. The molecule has 0 radical (unpaired) electrons. The second kappa shape index (κ2) is 3.18. The van der Waals surface area contributed by atoms with Gasteiger partial charge in [-0.2, -0.15) is 26.3 Å². The predicted octanol–water partition coefficient (Wildman–Crippen LogP) is 1.56. The third kappa shape index (κ3) is 1.55.